The summed E-state index contributed by atoms with van der Waals surface area (Å²) in [6.45, 7) is 4.60. The van der Waals surface area contributed by atoms with E-state index in [4.69, 9.17) is 16.3 Å². The number of rotatable bonds is 12. The number of methoxy groups -OCH3 is 1. The fraction of sp³-hybridized carbons (Fsp3) is 0.417. The Kier molecular flexibility index (Phi) is 10.8. The predicted molar refractivity (Wildman–Crippen MR) is 128 cm³/mol. The van der Waals surface area contributed by atoms with E-state index in [1.165, 1.54) is 17.8 Å². The zero-order valence-corrected chi connectivity index (χ0v) is 20.3. The van der Waals surface area contributed by atoms with Gasteiger partial charge in [-0.2, -0.15) is 0 Å². The van der Waals surface area contributed by atoms with E-state index in [-0.39, 0.29) is 29.9 Å². The average molecular weight is 481 g/mol. The van der Waals surface area contributed by atoms with Gasteiger partial charge < -0.3 is 15.0 Å². The van der Waals surface area contributed by atoms with Gasteiger partial charge >= 0.3 is 0 Å². The lowest BCUT2D eigenvalue weighted by atomic mass is 10.1. The molecule has 32 heavy (non-hydrogen) atoms. The molecule has 0 heterocycles. The van der Waals surface area contributed by atoms with Gasteiger partial charge in [-0.25, -0.2) is 4.39 Å². The molecule has 2 aromatic rings. The van der Waals surface area contributed by atoms with Crippen LogP contribution in [0.2, 0.25) is 5.02 Å². The average Bonchev–Trinajstić information content (AvgIpc) is 2.79. The monoisotopic (exact) mass is 480 g/mol. The third-order valence-electron chi connectivity index (χ3n) is 5.02. The van der Waals surface area contributed by atoms with Gasteiger partial charge in [0.15, 0.2) is 0 Å². The number of carbonyl (C=O) groups excluding carboxylic acids is 2. The number of nitrogens with zero attached hydrogens (tertiary/aromatic N) is 1. The van der Waals surface area contributed by atoms with Crippen molar-refractivity contribution in [3.05, 3.63) is 64.4 Å². The Morgan fingerprint density at radius 2 is 2.00 bits per heavy atom. The molecule has 1 atom stereocenters. The summed E-state index contributed by atoms with van der Waals surface area (Å²) in [6, 6.07) is 11.3. The Morgan fingerprint density at radius 1 is 1.25 bits per heavy atom. The Labute approximate surface area is 198 Å². The molecule has 0 saturated carbocycles. The molecule has 0 bridgehead atoms. The van der Waals surface area contributed by atoms with Crippen LogP contribution in [0.3, 0.4) is 0 Å². The van der Waals surface area contributed by atoms with Crippen LogP contribution in [0.4, 0.5) is 4.39 Å². The number of hydrogen-bond donors (Lipinski definition) is 1. The number of halogens is 2. The van der Waals surface area contributed by atoms with Crippen LogP contribution in [0.25, 0.3) is 0 Å². The van der Waals surface area contributed by atoms with Crippen molar-refractivity contribution in [2.75, 3.05) is 19.4 Å². The highest BCUT2D eigenvalue weighted by Gasteiger charge is 2.26. The number of carbonyl (C=O) groups is 2. The number of unbranched alkanes of at least 4 members (excludes halogenated alkanes) is 1. The van der Waals surface area contributed by atoms with Crippen molar-refractivity contribution in [3.63, 3.8) is 0 Å². The van der Waals surface area contributed by atoms with Gasteiger partial charge in [-0.1, -0.05) is 43.1 Å². The lowest BCUT2D eigenvalue weighted by Gasteiger charge is -2.29. The maximum Gasteiger partial charge on any atom is 0.242 e. The molecule has 0 fully saturated rings. The standard InChI is InChI=1S/C24H30ClFN2O3S/c1-4-5-12-27-24(30)17(2)28(14-18-8-6-9-19(13-18)31-3)23(29)16-32-15-20-21(25)10-7-11-22(20)26/h6-11,13,17H,4-5,12,14-16H2,1-3H3,(H,27,30). The van der Waals surface area contributed by atoms with E-state index >= 15 is 0 Å². The molecule has 1 unspecified atom stereocenters. The first-order chi connectivity index (χ1) is 15.4. The smallest absolute Gasteiger partial charge is 0.242 e. The number of hydrogen-bond acceptors (Lipinski definition) is 4. The van der Waals surface area contributed by atoms with Gasteiger partial charge in [0.2, 0.25) is 11.8 Å². The van der Waals surface area contributed by atoms with E-state index in [9.17, 15) is 14.0 Å². The van der Waals surface area contributed by atoms with Crippen molar-refractivity contribution in [2.45, 2.75) is 45.0 Å². The summed E-state index contributed by atoms with van der Waals surface area (Å²) in [7, 11) is 1.58. The molecule has 0 aromatic heterocycles. The van der Waals surface area contributed by atoms with E-state index in [2.05, 4.69) is 5.32 Å². The fourth-order valence-electron chi connectivity index (χ4n) is 3.08. The topological polar surface area (TPSA) is 58.6 Å². The first kappa shape index (κ1) is 26.0. The molecule has 0 spiro atoms. The zero-order chi connectivity index (χ0) is 23.5. The van der Waals surface area contributed by atoms with E-state index < -0.39 is 11.9 Å². The second kappa shape index (κ2) is 13.3. The Morgan fingerprint density at radius 3 is 2.69 bits per heavy atom. The minimum atomic E-state index is -0.650. The van der Waals surface area contributed by atoms with Crippen molar-refractivity contribution in [1.82, 2.24) is 10.2 Å². The molecule has 0 saturated heterocycles. The van der Waals surface area contributed by atoms with Crippen LogP contribution >= 0.6 is 23.4 Å². The van der Waals surface area contributed by atoms with E-state index in [1.54, 1.807) is 31.1 Å². The summed E-state index contributed by atoms with van der Waals surface area (Å²) in [4.78, 5) is 27.3. The van der Waals surface area contributed by atoms with Crippen LogP contribution in [-0.2, 0) is 21.9 Å². The minimum Gasteiger partial charge on any atom is -0.497 e. The molecule has 8 heteroatoms. The van der Waals surface area contributed by atoms with Crippen molar-refractivity contribution < 1.29 is 18.7 Å². The van der Waals surface area contributed by atoms with Crippen molar-refractivity contribution >= 4 is 35.2 Å². The number of thioether (sulfide) groups is 1. The number of nitrogens with one attached hydrogen (secondary N) is 1. The minimum absolute atomic E-state index is 0.0984. The first-order valence-electron chi connectivity index (χ1n) is 10.6. The maximum absolute atomic E-state index is 14.0. The third-order valence-corrected chi connectivity index (χ3v) is 6.32. The van der Waals surface area contributed by atoms with Crippen molar-refractivity contribution in [2.24, 2.45) is 0 Å². The second-order valence-electron chi connectivity index (χ2n) is 7.39. The summed E-state index contributed by atoms with van der Waals surface area (Å²) in [5.41, 5.74) is 1.23. The number of benzene rings is 2. The zero-order valence-electron chi connectivity index (χ0n) is 18.7. The molecule has 0 aliphatic rings. The summed E-state index contributed by atoms with van der Waals surface area (Å²) in [5, 5.41) is 3.23. The highest BCUT2D eigenvalue weighted by Crippen LogP contribution is 2.24. The molecule has 1 N–H and O–H groups in total. The van der Waals surface area contributed by atoms with Crippen LogP contribution in [0.1, 0.15) is 37.8 Å². The lowest BCUT2D eigenvalue weighted by Crippen LogP contribution is -2.48. The molecule has 0 aliphatic carbocycles. The van der Waals surface area contributed by atoms with Crippen LogP contribution < -0.4 is 10.1 Å². The van der Waals surface area contributed by atoms with Gasteiger partial charge in [0.1, 0.15) is 17.6 Å². The van der Waals surface area contributed by atoms with Gasteiger partial charge in [-0.15, -0.1) is 11.8 Å². The van der Waals surface area contributed by atoms with Crippen LogP contribution in [0.15, 0.2) is 42.5 Å². The normalized spacial score (nSPS) is 11.7. The molecular formula is C24H30ClFN2O3S. The quantitative estimate of drug-likeness (QED) is 0.432. The fourth-order valence-corrected chi connectivity index (χ4v) is 4.33. The Hall–Kier alpha value is -2.25. The largest absolute Gasteiger partial charge is 0.497 e. The third kappa shape index (κ3) is 7.71. The van der Waals surface area contributed by atoms with Crippen LogP contribution in [0.5, 0.6) is 5.75 Å². The Bertz CT molecular complexity index is 892. The molecule has 0 radical (unpaired) electrons. The highest BCUT2D eigenvalue weighted by atomic mass is 35.5. The number of amides is 2. The maximum atomic E-state index is 14.0. The van der Waals surface area contributed by atoms with Crippen LogP contribution in [-0.4, -0.2) is 42.2 Å². The van der Waals surface area contributed by atoms with Gasteiger partial charge in [0, 0.05) is 29.4 Å². The molecule has 0 aliphatic heterocycles. The molecule has 2 aromatic carbocycles. The Balaban J connectivity index is 2.10. The first-order valence-corrected chi connectivity index (χ1v) is 12.1. The molecule has 2 rings (SSSR count). The van der Waals surface area contributed by atoms with E-state index in [1.807, 2.05) is 31.2 Å². The molecule has 5 nitrogen and oxygen atoms in total. The van der Waals surface area contributed by atoms with Crippen molar-refractivity contribution in [1.29, 1.82) is 0 Å². The lowest BCUT2D eigenvalue weighted by molar-refractivity contribution is -0.138. The summed E-state index contributed by atoms with van der Waals surface area (Å²) in [6.07, 6.45) is 1.85. The summed E-state index contributed by atoms with van der Waals surface area (Å²) < 4.78 is 19.3. The molecule has 2 amide bonds. The van der Waals surface area contributed by atoms with Gasteiger partial charge in [-0.05, 0) is 43.2 Å². The van der Waals surface area contributed by atoms with Crippen LogP contribution in [0, 0.1) is 5.82 Å². The molecular weight excluding hydrogens is 451 g/mol. The molecule has 174 valence electrons. The van der Waals surface area contributed by atoms with E-state index in [0.29, 0.717) is 22.9 Å². The second-order valence-corrected chi connectivity index (χ2v) is 8.78. The van der Waals surface area contributed by atoms with Crippen molar-refractivity contribution in [3.8, 4) is 5.75 Å². The number of ether oxygens (including phenoxy) is 1. The predicted octanol–water partition coefficient (Wildman–Crippen LogP) is 5.05. The van der Waals surface area contributed by atoms with Gasteiger partial charge in [0.05, 0.1) is 12.9 Å². The summed E-state index contributed by atoms with van der Waals surface area (Å²) in [5.74, 6) is 0.246. The highest BCUT2D eigenvalue weighted by molar-refractivity contribution is 7.99. The summed E-state index contributed by atoms with van der Waals surface area (Å²) >= 11 is 7.35. The van der Waals surface area contributed by atoms with Gasteiger partial charge in [0.25, 0.3) is 0 Å². The van der Waals surface area contributed by atoms with Gasteiger partial charge in [-0.3, -0.25) is 9.59 Å². The SMILES string of the molecule is CCCCNC(=O)C(C)N(Cc1cccc(OC)c1)C(=O)CSCc1c(F)cccc1Cl. The van der Waals surface area contributed by atoms with E-state index in [0.717, 1.165) is 18.4 Å².